The summed E-state index contributed by atoms with van der Waals surface area (Å²) in [5, 5.41) is 11.3. The first-order valence-corrected chi connectivity index (χ1v) is 14.6. The fraction of sp³-hybridized carbons (Fsp3) is 0.233. The van der Waals surface area contributed by atoms with E-state index in [2.05, 4.69) is 16.6 Å². The van der Waals surface area contributed by atoms with Gasteiger partial charge in [0.25, 0.3) is 0 Å². The molecule has 0 saturated carbocycles. The Morgan fingerprint density at radius 1 is 1.12 bits per heavy atom. The minimum absolute atomic E-state index is 0.0809. The number of hydrogen-bond donors (Lipinski definition) is 2. The van der Waals surface area contributed by atoms with Crippen LogP contribution in [0.2, 0.25) is 5.02 Å². The van der Waals surface area contributed by atoms with Gasteiger partial charge in [0.2, 0.25) is 16.8 Å². The van der Waals surface area contributed by atoms with Crippen LogP contribution in [0.25, 0.3) is 10.9 Å². The van der Waals surface area contributed by atoms with Gasteiger partial charge in [-0.2, -0.15) is 4.72 Å². The number of fused-ring (bicyclic) bond motifs is 2. The number of carbonyl (C=O) groups is 1. The predicted molar refractivity (Wildman–Crippen MR) is 154 cm³/mol. The maximum atomic E-state index is 13.2. The van der Waals surface area contributed by atoms with E-state index in [-0.39, 0.29) is 24.7 Å². The lowest BCUT2D eigenvalue weighted by molar-refractivity contribution is -0.138. The summed E-state index contributed by atoms with van der Waals surface area (Å²) in [5.41, 5.74) is 3.27. The van der Waals surface area contributed by atoms with Crippen LogP contribution in [0.1, 0.15) is 23.7 Å². The summed E-state index contributed by atoms with van der Waals surface area (Å²) in [5.74, 6) is 5.96. The van der Waals surface area contributed by atoms with Crippen LogP contribution in [0, 0.1) is 18.8 Å². The topological polar surface area (TPSA) is 116 Å². The quantitative estimate of drug-likeness (QED) is 0.254. The summed E-state index contributed by atoms with van der Waals surface area (Å²) < 4.78 is 47.1. The Kier molecular flexibility index (Phi) is 8.13. The molecule has 212 valence electrons. The molecule has 1 unspecified atom stereocenters. The highest BCUT2D eigenvalue weighted by atomic mass is 35.5. The van der Waals surface area contributed by atoms with E-state index in [1.807, 2.05) is 35.8 Å². The molecule has 0 radical (unpaired) electrons. The van der Waals surface area contributed by atoms with Crippen LogP contribution < -0.4 is 18.9 Å². The molecule has 9 nitrogen and oxygen atoms in total. The molecule has 0 bridgehead atoms. The van der Waals surface area contributed by atoms with Gasteiger partial charge in [0, 0.05) is 34.6 Å². The average Bonchev–Trinajstić information content (AvgIpc) is 3.51. The van der Waals surface area contributed by atoms with Crippen LogP contribution in [-0.4, -0.2) is 43.5 Å². The Labute approximate surface area is 242 Å². The SMILES string of the molecule is CC#CCOc1ccc(S(=O)(=O)NC(Cc2c(C)n(Cc3ccc4c(c3)OCO4)c3ccc(Cl)cc23)C(=O)O)cc1. The molecule has 1 aliphatic heterocycles. The monoisotopic (exact) mass is 594 g/mol. The number of rotatable bonds is 10. The van der Waals surface area contributed by atoms with Gasteiger partial charge in [-0.05, 0) is 79.6 Å². The van der Waals surface area contributed by atoms with Gasteiger partial charge in [-0.25, -0.2) is 8.42 Å². The lowest BCUT2D eigenvalue weighted by atomic mass is 10.0. The number of carboxylic acid groups (broad SMARTS) is 1. The molecular formula is C30H27ClN2O7S. The molecule has 2 N–H and O–H groups in total. The summed E-state index contributed by atoms with van der Waals surface area (Å²) in [7, 11) is -4.16. The maximum absolute atomic E-state index is 13.2. The highest BCUT2D eigenvalue weighted by Gasteiger charge is 2.28. The van der Waals surface area contributed by atoms with E-state index in [0.717, 1.165) is 22.2 Å². The molecule has 1 atom stereocenters. The standard InChI is InChI=1S/C30H27ClN2O7S/c1-3-4-13-38-22-7-9-23(10-8-22)41(36,37)32-26(30(34)35)16-24-19(2)33(27-11-6-21(31)15-25(24)27)17-20-5-12-28-29(14-20)40-18-39-28/h5-12,14-15,26,32H,13,16-18H2,1-2H3,(H,34,35). The van der Waals surface area contributed by atoms with Gasteiger partial charge < -0.3 is 23.9 Å². The molecule has 3 aromatic carbocycles. The fourth-order valence-corrected chi connectivity index (χ4v) is 6.11. The Balaban J connectivity index is 1.43. The molecule has 0 aliphatic carbocycles. The van der Waals surface area contributed by atoms with Crippen molar-refractivity contribution in [2.75, 3.05) is 13.4 Å². The Morgan fingerprint density at radius 3 is 2.61 bits per heavy atom. The van der Waals surface area contributed by atoms with Crippen LogP contribution >= 0.6 is 11.6 Å². The molecule has 2 heterocycles. The van der Waals surface area contributed by atoms with Crippen molar-refractivity contribution < 1.29 is 32.5 Å². The molecule has 0 saturated heterocycles. The number of sulfonamides is 1. The van der Waals surface area contributed by atoms with Crippen LogP contribution in [0.4, 0.5) is 0 Å². The number of nitrogens with one attached hydrogen (secondary N) is 1. The van der Waals surface area contributed by atoms with Gasteiger partial charge in [0.05, 0.1) is 4.90 Å². The highest BCUT2D eigenvalue weighted by Crippen LogP contribution is 2.35. The van der Waals surface area contributed by atoms with E-state index in [9.17, 15) is 18.3 Å². The number of hydrogen-bond acceptors (Lipinski definition) is 6. The van der Waals surface area contributed by atoms with E-state index in [4.69, 9.17) is 25.8 Å². The summed E-state index contributed by atoms with van der Waals surface area (Å²) in [6.07, 6.45) is -0.0950. The number of carboxylic acids is 1. The van der Waals surface area contributed by atoms with Gasteiger partial charge in [0.1, 0.15) is 18.4 Å². The van der Waals surface area contributed by atoms with Gasteiger partial charge in [0.15, 0.2) is 11.5 Å². The first-order chi connectivity index (χ1) is 19.7. The third kappa shape index (κ3) is 6.12. The molecule has 1 aromatic heterocycles. The van der Waals surface area contributed by atoms with Crippen molar-refractivity contribution in [3.63, 3.8) is 0 Å². The zero-order valence-electron chi connectivity index (χ0n) is 22.3. The number of aliphatic carboxylic acids is 1. The number of nitrogens with zero attached hydrogens (tertiary/aromatic N) is 1. The fourth-order valence-electron chi connectivity index (χ4n) is 4.75. The molecule has 4 aromatic rings. The van der Waals surface area contributed by atoms with Gasteiger partial charge in [-0.1, -0.05) is 23.6 Å². The molecule has 11 heteroatoms. The smallest absolute Gasteiger partial charge is 0.322 e. The first-order valence-electron chi connectivity index (χ1n) is 12.7. The number of benzene rings is 3. The van der Waals surface area contributed by atoms with Crippen molar-refractivity contribution in [2.45, 2.75) is 37.8 Å². The van der Waals surface area contributed by atoms with E-state index < -0.39 is 22.0 Å². The van der Waals surface area contributed by atoms with Gasteiger partial charge in [-0.3, -0.25) is 4.79 Å². The van der Waals surface area contributed by atoms with E-state index in [0.29, 0.717) is 34.4 Å². The molecular weight excluding hydrogens is 568 g/mol. The zero-order valence-corrected chi connectivity index (χ0v) is 23.9. The van der Waals surface area contributed by atoms with Crippen molar-refractivity contribution in [2.24, 2.45) is 0 Å². The van der Waals surface area contributed by atoms with Crippen LogP contribution in [0.5, 0.6) is 17.2 Å². The van der Waals surface area contributed by atoms with E-state index >= 15 is 0 Å². The van der Waals surface area contributed by atoms with Crippen molar-refractivity contribution in [3.8, 4) is 29.1 Å². The summed E-state index contributed by atoms with van der Waals surface area (Å²) in [4.78, 5) is 12.2. The Hall–Kier alpha value is -4.17. The lowest BCUT2D eigenvalue weighted by Gasteiger charge is -2.16. The molecule has 0 fully saturated rings. The lowest BCUT2D eigenvalue weighted by Crippen LogP contribution is -2.42. The second-order valence-electron chi connectivity index (χ2n) is 9.40. The number of ether oxygens (including phenoxy) is 3. The minimum Gasteiger partial charge on any atom is -0.481 e. The number of aromatic nitrogens is 1. The second kappa shape index (κ2) is 11.7. The second-order valence-corrected chi connectivity index (χ2v) is 11.6. The van der Waals surface area contributed by atoms with E-state index in [1.165, 1.54) is 24.3 Å². The summed E-state index contributed by atoms with van der Waals surface area (Å²) >= 11 is 6.33. The third-order valence-electron chi connectivity index (χ3n) is 6.82. The van der Waals surface area contributed by atoms with Gasteiger partial charge >= 0.3 is 5.97 Å². The normalized spacial score (nSPS) is 13.0. The van der Waals surface area contributed by atoms with Gasteiger partial charge in [-0.15, -0.1) is 5.92 Å². The predicted octanol–water partition coefficient (Wildman–Crippen LogP) is 4.76. The highest BCUT2D eigenvalue weighted by molar-refractivity contribution is 7.89. The Bertz CT molecular complexity index is 1790. The molecule has 1 aliphatic rings. The molecule has 0 amide bonds. The zero-order chi connectivity index (χ0) is 29.1. The van der Waals surface area contributed by atoms with Crippen molar-refractivity contribution in [1.82, 2.24) is 9.29 Å². The summed E-state index contributed by atoms with van der Waals surface area (Å²) in [6.45, 7) is 4.39. The van der Waals surface area contributed by atoms with Crippen LogP contribution in [0.3, 0.4) is 0 Å². The van der Waals surface area contributed by atoms with Crippen LogP contribution in [-0.2, 0) is 27.8 Å². The maximum Gasteiger partial charge on any atom is 0.322 e. The van der Waals surface area contributed by atoms with Crippen molar-refractivity contribution >= 4 is 38.5 Å². The van der Waals surface area contributed by atoms with Crippen LogP contribution in [0.15, 0.2) is 65.6 Å². The molecule has 41 heavy (non-hydrogen) atoms. The van der Waals surface area contributed by atoms with E-state index in [1.54, 1.807) is 19.1 Å². The average molecular weight is 595 g/mol. The summed E-state index contributed by atoms with van der Waals surface area (Å²) in [6, 6.07) is 15.4. The largest absolute Gasteiger partial charge is 0.481 e. The minimum atomic E-state index is -4.16. The number of halogens is 1. The Morgan fingerprint density at radius 2 is 1.88 bits per heavy atom. The van der Waals surface area contributed by atoms with Crippen molar-refractivity contribution in [3.05, 3.63) is 82.5 Å². The molecule has 0 spiro atoms. The first kappa shape index (κ1) is 28.4. The third-order valence-corrected chi connectivity index (χ3v) is 8.54. The van der Waals surface area contributed by atoms with Crippen molar-refractivity contribution in [1.29, 1.82) is 0 Å². The molecule has 5 rings (SSSR count).